The van der Waals surface area contributed by atoms with Crippen molar-refractivity contribution in [2.24, 2.45) is 0 Å². The highest BCUT2D eigenvalue weighted by Crippen LogP contribution is 2.33. The zero-order chi connectivity index (χ0) is 28.8. The molecule has 0 bridgehead atoms. The zero-order valence-electron chi connectivity index (χ0n) is 21.2. The van der Waals surface area contributed by atoms with Crippen LogP contribution in [-0.4, -0.2) is 51.3 Å². The summed E-state index contributed by atoms with van der Waals surface area (Å²) in [6.45, 7) is 1.74. The van der Waals surface area contributed by atoms with E-state index in [-0.39, 0.29) is 17.0 Å². The third-order valence-electron chi connectivity index (χ3n) is 5.63. The van der Waals surface area contributed by atoms with Crippen LogP contribution in [0.25, 0.3) is 11.3 Å². The number of aromatic nitrogens is 1. The number of carbonyl (C=O) groups excluding carboxylic acids is 2. The van der Waals surface area contributed by atoms with Crippen LogP contribution < -0.4 is 15.4 Å². The second kappa shape index (κ2) is 12.5. The quantitative estimate of drug-likeness (QED) is 0.177. The second-order valence-electron chi connectivity index (χ2n) is 8.34. The Morgan fingerprint density at radius 2 is 1.70 bits per heavy atom. The van der Waals surface area contributed by atoms with Crippen LogP contribution in [0.1, 0.15) is 38.0 Å². The maximum absolute atomic E-state index is 12.9. The van der Waals surface area contributed by atoms with E-state index >= 15 is 0 Å². The van der Waals surface area contributed by atoms with Gasteiger partial charge in [0.1, 0.15) is 5.75 Å². The maximum atomic E-state index is 12.9. The van der Waals surface area contributed by atoms with Crippen LogP contribution in [0.3, 0.4) is 0 Å². The molecule has 0 fully saturated rings. The van der Waals surface area contributed by atoms with Gasteiger partial charge >= 0.3 is 11.9 Å². The molecule has 10 nitrogen and oxygen atoms in total. The lowest BCUT2D eigenvalue weighted by atomic mass is 10.0. The van der Waals surface area contributed by atoms with Gasteiger partial charge in [0.2, 0.25) is 5.91 Å². The smallest absolute Gasteiger partial charge is 0.336 e. The zero-order valence-corrected chi connectivity index (χ0v) is 22.8. The largest absolute Gasteiger partial charge is 0.496 e. The molecule has 1 heterocycles. The van der Waals surface area contributed by atoms with Crippen molar-refractivity contribution < 1.29 is 34.1 Å². The molecule has 1 unspecified atom stereocenters. The molecule has 204 valence electrons. The van der Waals surface area contributed by atoms with Crippen LogP contribution in [0.5, 0.6) is 5.75 Å². The number of anilines is 2. The van der Waals surface area contributed by atoms with Crippen LogP contribution in [0.4, 0.5) is 10.8 Å². The number of methoxy groups -OCH3 is 1. The van der Waals surface area contributed by atoms with Gasteiger partial charge in [0.25, 0.3) is 5.91 Å². The Bertz CT molecular complexity index is 1600. The number of hydrogen-bond acceptors (Lipinski definition) is 8. The predicted molar refractivity (Wildman–Crippen MR) is 153 cm³/mol. The number of nitrogens with one attached hydrogen (secondary N) is 2. The highest BCUT2D eigenvalue weighted by Gasteiger charge is 2.20. The molecule has 0 aliphatic carbocycles. The fraction of sp³-hybridized carbons (Fsp3) is 0.107. The molecule has 40 heavy (non-hydrogen) atoms. The Labute approximate surface area is 237 Å². The molecule has 2 amide bonds. The molecule has 0 aliphatic heterocycles. The van der Waals surface area contributed by atoms with Crippen molar-refractivity contribution in [1.82, 2.24) is 4.98 Å². The normalized spacial score (nSPS) is 11.3. The molecule has 0 aliphatic rings. The highest BCUT2D eigenvalue weighted by molar-refractivity contribution is 8.00. The minimum absolute atomic E-state index is 0.181. The Morgan fingerprint density at radius 3 is 2.42 bits per heavy atom. The third-order valence-corrected chi connectivity index (χ3v) is 7.48. The summed E-state index contributed by atoms with van der Waals surface area (Å²) in [5, 5.41) is 25.8. The number of thioether (sulfide) groups is 1. The lowest BCUT2D eigenvalue weighted by Crippen LogP contribution is -2.22. The van der Waals surface area contributed by atoms with E-state index in [9.17, 15) is 24.3 Å². The van der Waals surface area contributed by atoms with Crippen molar-refractivity contribution >= 4 is 57.7 Å². The Hall–Kier alpha value is -4.68. The summed E-state index contributed by atoms with van der Waals surface area (Å²) in [4.78, 5) is 53.6. The summed E-state index contributed by atoms with van der Waals surface area (Å²) in [6, 6.07) is 17.5. The topological polar surface area (TPSA) is 155 Å². The average molecular weight is 578 g/mol. The number of amides is 2. The number of aromatic carboxylic acids is 2. The van der Waals surface area contributed by atoms with Crippen molar-refractivity contribution in [2.75, 3.05) is 17.7 Å². The van der Waals surface area contributed by atoms with E-state index in [1.807, 2.05) is 29.6 Å². The molecule has 1 atom stereocenters. The molecule has 0 saturated heterocycles. The number of carbonyl (C=O) groups is 4. The molecule has 1 aromatic heterocycles. The number of carboxylic acid groups (broad SMARTS) is 2. The van der Waals surface area contributed by atoms with Crippen molar-refractivity contribution in [2.45, 2.75) is 17.1 Å². The SMILES string of the molecule is COc1ccccc1-c1csc(NC(=O)C(C)Sc2cccc(NC(=O)c3ccc(C(=O)O)cc3C(=O)O)c2)n1. The summed E-state index contributed by atoms with van der Waals surface area (Å²) in [5.74, 6) is -3.02. The Kier molecular flexibility index (Phi) is 8.82. The lowest BCUT2D eigenvalue weighted by Gasteiger charge is -2.12. The van der Waals surface area contributed by atoms with Gasteiger partial charge in [0, 0.05) is 21.5 Å². The van der Waals surface area contributed by atoms with Gasteiger partial charge < -0.3 is 25.6 Å². The summed E-state index contributed by atoms with van der Waals surface area (Å²) in [6.07, 6.45) is 0. The minimum Gasteiger partial charge on any atom is -0.496 e. The fourth-order valence-electron chi connectivity index (χ4n) is 3.67. The van der Waals surface area contributed by atoms with Gasteiger partial charge in [-0.3, -0.25) is 9.59 Å². The van der Waals surface area contributed by atoms with Crippen molar-refractivity contribution in [3.05, 3.63) is 88.8 Å². The number of ether oxygens (including phenoxy) is 1. The van der Waals surface area contributed by atoms with E-state index < -0.39 is 28.7 Å². The number of carboxylic acids is 2. The van der Waals surface area contributed by atoms with E-state index in [4.69, 9.17) is 9.84 Å². The predicted octanol–water partition coefficient (Wildman–Crippen LogP) is 5.59. The van der Waals surface area contributed by atoms with E-state index in [2.05, 4.69) is 15.6 Å². The van der Waals surface area contributed by atoms with Crippen LogP contribution in [0.15, 0.2) is 77.0 Å². The lowest BCUT2D eigenvalue weighted by molar-refractivity contribution is -0.115. The van der Waals surface area contributed by atoms with Crippen molar-refractivity contribution in [3.8, 4) is 17.0 Å². The molecule has 3 aromatic carbocycles. The maximum Gasteiger partial charge on any atom is 0.336 e. The molecule has 4 rings (SSSR count). The molecule has 0 saturated carbocycles. The molecule has 4 aromatic rings. The Morgan fingerprint density at radius 1 is 0.925 bits per heavy atom. The van der Waals surface area contributed by atoms with Crippen molar-refractivity contribution in [1.29, 1.82) is 0 Å². The third kappa shape index (κ3) is 6.65. The summed E-state index contributed by atoms with van der Waals surface area (Å²) >= 11 is 2.56. The standard InChI is InChI=1S/C28H23N3O7S2/c1-15(24(32)31-28-30-22(14-39-28)20-8-3-4-9-23(20)38-2)40-18-7-5-6-17(13-18)29-25(33)19-11-10-16(26(34)35)12-21(19)27(36)37/h3-15H,1-2H3,(H,29,33)(H,34,35)(H,36,37)(H,30,31,32). The van der Waals surface area contributed by atoms with Gasteiger partial charge in [-0.1, -0.05) is 18.2 Å². The van der Waals surface area contributed by atoms with Gasteiger partial charge in [-0.2, -0.15) is 0 Å². The van der Waals surface area contributed by atoms with E-state index in [1.165, 1.54) is 23.1 Å². The van der Waals surface area contributed by atoms with Gasteiger partial charge in [-0.15, -0.1) is 23.1 Å². The van der Waals surface area contributed by atoms with Gasteiger partial charge in [0.15, 0.2) is 5.13 Å². The summed E-state index contributed by atoms with van der Waals surface area (Å²) in [7, 11) is 1.58. The fourth-order valence-corrected chi connectivity index (χ4v) is 5.31. The number of benzene rings is 3. The first-order valence-corrected chi connectivity index (χ1v) is 13.5. The average Bonchev–Trinajstić information content (AvgIpc) is 3.40. The van der Waals surface area contributed by atoms with Crippen LogP contribution in [-0.2, 0) is 4.79 Å². The first-order valence-electron chi connectivity index (χ1n) is 11.7. The molecule has 12 heteroatoms. The molecular formula is C28H23N3O7S2. The Balaban J connectivity index is 1.41. The monoisotopic (exact) mass is 577 g/mol. The van der Waals surface area contributed by atoms with E-state index in [1.54, 1.807) is 38.3 Å². The number of thiazole rings is 1. The first kappa shape index (κ1) is 28.3. The number of nitrogens with zero attached hydrogens (tertiary/aromatic N) is 1. The van der Waals surface area contributed by atoms with E-state index in [0.717, 1.165) is 23.8 Å². The van der Waals surface area contributed by atoms with Crippen LogP contribution in [0, 0.1) is 0 Å². The number of para-hydroxylation sites is 1. The summed E-state index contributed by atoms with van der Waals surface area (Å²) < 4.78 is 5.38. The second-order valence-corrected chi connectivity index (χ2v) is 10.6. The molecule has 0 radical (unpaired) electrons. The number of hydrogen-bond donors (Lipinski definition) is 4. The first-order chi connectivity index (χ1) is 19.2. The minimum atomic E-state index is -1.42. The summed E-state index contributed by atoms with van der Waals surface area (Å²) in [5.41, 5.74) is 1.03. The van der Waals surface area contributed by atoms with Crippen LogP contribution in [0.2, 0.25) is 0 Å². The highest BCUT2D eigenvalue weighted by atomic mass is 32.2. The van der Waals surface area contributed by atoms with Gasteiger partial charge in [-0.25, -0.2) is 14.6 Å². The molecular weight excluding hydrogens is 554 g/mol. The van der Waals surface area contributed by atoms with Gasteiger partial charge in [-0.05, 0) is 55.5 Å². The van der Waals surface area contributed by atoms with E-state index in [0.29, 0.717) is 27.2 Å². The van der Waals surface area contributed by atoms with Crippen LogP contribution >= 0.6 is 23.1 Å². The molecule has 0 spiro atoms. The van der Waals surface area contributed by atoms with Crippen molar-refractivity contribution in [3.63, 3.8) is 0 Å². The number of rotatable bonds is 10. The molecule has 4 N–H and O–H groups in total. The van der Waals surface area contributed by atoms with Gasteiger partial charge in [0.05, 0.1) is 34.7 Å².